The summed E-state index contributed by atoms with van der Waals surface area (Å²) >= 11 is 0. The average Bonchev–Trinajstić information content (AvgIpc) is 2.78. The van der Waals surface area contributed by atoms with Crippen molar-refractivity contribution in [3.8, 4) is 0 Å². The van der Waals surface area contributed by atoms with Gasteiger partial charge in [0, 0.05) is 12.1 Å². The first-order valence-electron chi connectivity index (χ1n) is 5.46. The van der Waals surface area contributed by atoms with Crippen LogP contribution in [0.15, 0.2) is 28.8 Å². The number of carbonyl (C=O) groups is 2. The molecule has 104 valence electrons. The van der Waals surface area contributed by atoms with E-state index in [0.717, 1.165) is 12.1 Å². The van der Waals surface area contributed by atoms with E-state index in [4.69, 9.17) is 4.52 Å². The lowest BCUT2D eigenvalue weighted by Crippen LogP contribution is -2.29. The summed E-state index contributed by atoms with van der Waals surface area (Å²) in [6.45, 7) is 1.61. The van der Waals surface area contributed by atoms with E-state index >= 15 is 0 Å². The van der Waals surface area contributed by atoms with Gasteiger partial charge in [0.15, 0.2) is 5.82 Å². The lowest BCUT2D eigenvalue weighted by molar-refractivity contribution is -0.133. The molecule has 0 radical (unpaired) electrons. The smallest absolute Gasteiger partial charge is 0.315 e. The van der Waals surface area contributed by atoms with E-state index in [1.807, 2.05) is 5.32 Å². The van der Waals surface area contributed by atoms with Crippen LogP contribution in [0, 0.1) is 18.6 Å². The molecule has 0 aliphatic carbocycles. The Morgan fingerprint density at radius 2 is 1.85 bits per heavy atom. The number of carbonyl (C=O) groups excluding carboxylic acids is 2. The van der Waals surface area contributed by atoms with Gasteiger partial charge in [0.1, 0.15) is 17.4 Å². The van der Waals surface area contributed by atoms with Crippen LogP contribution in [-0.2, 0) is 9.59 Å². The van der Waals surface area contributed by atoms with Gasteiger partial charge in [0.25, 0.3) is 0 Å². The molecule has 0 spiro atoms. The molecule has 1 aromatic carbocycles. The fourth-order valence-corrected chi connectivity index (χ4v) is 1.37. The highest BCUT2D eigenvalue weighted by atomic mass is 19.1. The number of hydrogen-bond donors (Lipinski definition) is 2. The maximum Gasteiger partial charge on any atom is 0.315 e. The molecule has 0 saturated carbocycles. The number of nitrogens with zero attached hydrogens (tertiary/aromatic N) is 1. The number of rotatable bonds is 2. The molecule has 0 aliphatic rings. The van der Waals surface area contributed by atoms with Gasteiger partial charge in [-0.25, -0.2) is 8.78 Å². The highest BCUT2D eigenvalue weighted by Crippen LogP contribution is 2.15. The Bertz CT molecular complexity index is 670. The molecule has 20 heavy (non-hydrogen) atoms. The van der Waals surface area contributed by atoms with Crippen molar-refractivity contribution in [3.05, 3.63) is 41.7 Å². The number of aryl methyl sites for hydroxylation is 1. The van der Waals surface area contributed by atoms with Crippen LogP contribution in [0.4, 0.5) is 20.3 Å². The lowest BCUT2D eigenvalue weighted by atomic mass is 10.3. The van der Waals surface area contributed by atoms with Gasteiger partial charge in [-0.3, -0.25) is 14.9 Å². The highest BCUT2D eigenvalue weighted by molar-refractivity contribution is 6.43. The topological polar surface area (TPSA) is 84.2 Å². The van der Waals surface area contributed by atoms with Gasteiger partial charge in [-0.1, -0.05) is 5.16 Å². The van der Waals surface area contributed by atoms with E-state index in [-0.39, 0.29) is 11.5 Å². The second-order valence-electron chi connectivity index (χ2n) is 3.86. The molecule has 0 atom stereocenters. The number of anilines is 2. The Morgan fingerprint density at radius 1 is 1.15 bits per heavy atom. The van der Waals surface area contributed by atoms with Crippen LogP contribution < -0.4 is 10.6 Å². The fraction of sp³-hybridized carbons (Fsp3) is 0.0833. The number of nitrogens with one attached hydrogen (secondary N) is 2. The average molecular weight is 281 g/mol. The number of hydrogen-bond acceptors (Lipinski definition) is 4. The van der Waals surface area contributed by atoms with Crippen molar-refractivity contribution in [1.82, 2.24) is 5.16 Å². The maximum absolute atomic E-state index is 13.3. The van der Waals surface area contributed by atoms with Crippen LogP contribution in [0.1, 0.15) is 5.76 Å². The zero-order valence-corrected chi connectivity index (χ0v) is 10.2. The van der Waals surface area contributed by atoms with Crippen LogP contribution >= 0.6 is 0 Å². The summed E-state index contributed by atoms with van der Waals surface area (Å²) in [5.41, 5.74) is -0.303. The minimum Gasteiger partial charge on any atom is -0.360 e. The van der Waals surface area contributed by atoms with Crippen LogP contribution in [0.2, 0.25) is 0 Å². The largest absolute Gasteiger partial charge is 0.360 e. The summed E-state index contributed by atoms with van der Waals surface area (Å²) in [6, 6.07) is 3.96. The van der Waals surface area contributed by atoms with Gasteiger partial charge < -0.3 is 9.84 Å². The van der Waals surface area contributed by atoms with Crippen molar-refractivity contribution >= 4 is 23.3 Å². The van der Waals surface area contributed by atoms with Crippen molar-refractivity contribution in [1.29, 1.82) is 0 Å². The van der Waals surface area contributed by atoms with Crippen molar-refractivity contribution < 1.29 is 22.9 Å². The first-order chi connectivity index (χ1) is 9.45. The zero-order chi connectivity index (χ0) is 14.7. The van der Waals surface area contributed by atoms with Crippen LogP contribution in [0.3, 0.4) is 0 Å². The number of aromatic nitrogens is 1. The van der Waals surface area contributed by atoms with E-state index in [0.29, 0.717) is 11.8 Å². The molecule has 1 aromatic heterocycles. The second-order valence-corrected chi connectivity index (χ2v) is 3.86. The normalized spacial score (nSPS) is 10.2. The fourth-order valence-electron chi connectivity index (χ4n) is 1.37. The molecule has 2 amide bonds. The van der Waals surface area contributed by atoms with E-state index < -0.39 is 23.4 Å². The summed E-state index contributed by atoms with van der Waals surface area (Å²) in [5.74, 6) is -3.43. The molecule has 0 bridgehead atoms. The molecule has 0 saturated heterocycles. The maximum atomic E-state index is 13.3. The molecular weight excluding hydrogens is 272 g/mol. The molecule has 1 heterocycles. The van der Waals surface area contributed by atoms with Crippen molar-refractivity contribution in [2.45, 2.75) is 6.92 Å². The van der Waals surface area contributed by atoms with Crippen LogP contribution in [-0.4, -0.2) is 17.0 Å². The summed E-state index contributed by atoms with van der Waals surface area (Å²) in [6.07, 6.45) is 0. The SMILES string of the molecule is Cc1cc(NC(=O)C(=O)Nc2ccc(F)cc2F)no1. The molecule has 0 fully saturated rings. The molecule has 2 rings (SSSR count). The molecule has 0 aliphatic heterocycles. The predicted octanol–water partition coefficient (Wildman–Crippen LogP) is 1.84. The van der Waals surface area contributed by atoms with E-state index in [2.05, 4.69) is 10.5 Å². The zero-order valence-electron chi connectivity index (χ0n) is 10.2. The summed E-state index contributed by atoms with van der Waals surface area (Å²) in [4.78, 5) is 23.0. The summed E-state index contributed by atoms with van der Waals surface area (Å²) in [5, 5.41) is 7.64. The third kappa shape index (κ3) is 3.16. The Labute approximate surface area is 111 Å². The van der Waals surface area contributed by atoms with Crippen molar-refractivity contribution in [2.24, 2.45) is 0 Å². The Hall–Kier alpha value is -2.77. The molecule has 2 aromatic rings. The Kier molecular flexibility index (Phi) is 3.74. The number of benzene rings is 1. The van der Waals surface area contributed by atoms with Crippen molar-refractivity contribution in [2.75, 3.05) is 10.6 Å². The third-order valence-electron chi connectivity index (χ3n) is 2.26. The van der Waals surface area contributed by atoms with E-state index in [1.165, 1.54) is 6.07 Å². The van der Waals surface area contributed by atoms with Crippen LogP contribution in [0.5, 0.6) is 0 Å². The van der Waals surface area contributed by atoms with Crippen LogP contribution in [0.25, 0.3) is 0 Å². The first kappa shape index (κ1) is 13.7. The molecule has 8 heteroatoms. The van der Waals surface area contributed by atoms with Gasteiger partial charge in [0.2, 0.25) is 0 Å². The van der Waals surface area contributed by atoms with E-state index in [9.17, 15) is 18.4 Å². The second kappa shape index (κ2) is 5.47. The van der Waals surface area contributed by atoms with Crippen molar-refractivity contribution in [3.63, 3.8) is 0 Å². The third-order valence-corrected chi connectivity index (χ3v) is 2.26. The van der Waals surface area contributed by atoms with E-state index in [1.54, 1.807) is 6.92 Å². The Morgan fingerprint density at radius 3 is 2.45 bits per heavy atom. The first-order valence-corrected chi connectivity index (χ1v) is 5.46. The lowest BCUT2D eigenvalue weighted by Gasteiger charge is -2.05. The summed E-state index contributed by atoms with van der Waals surface area (Å²) in [7, 11) is 0. The predicted molar refractivity (Wildman–Crippen MR) is 64.9 cm³/mol. The van der Waals surface area contributed by atoms with Gasteiger partial charge in [-0.15, -0.1) is 0 Å². The van der Waals surface area contributed by atoms with Gasteiger partial charge in [0.05, 0.1) is 5.69 Å². The molecular formula is C12H9F2N3O3. The minimum atomic E-state index is -1.11. The summed E-state index contributed by atoms with van der Waals surface area (Å²) < 4.78 is 30.7. The van der Waals surface area contributed by atoms with Gasteiger partial charge >= 0.3 is 11.8 Å². The Balaban J connectivity index is 2.02. The van der Waals surface area contributed by atoms with Gasteiger partial charge in [-0.05, 0) is 19.1 Å². The number of amides is 2. The highest BCUT2D eigenvalue weighted by Gasteiger charge is 2.17. The molecule has 6 nitrogen and oxygen atoms in total. The standard InChI is InChI=1S/C12H9F2N3O3/c1-6-4-10(17-20-6)16-12(19)11(18)15-9-3-2-7(13)5-8(9)14/h2-5H,1H3,(H,15,18)(H,16,17,19). The van der Waals surface area contributed by atoms with Gasteiger partial charge in [-0.2, -0.15) is 0 Å². The quantitative estimate of drug-likeness (QED) is 0.823. The molecule has 2 N–H and O–H groups in total. The molecule has 0 unspecified atom stereocenters. The monoisotopic (exact) mass is 281 g/mol. The number of halogens is 2. The minimum absolute atomic E-state index is 0.0576.